The minimum absolute atomic E-state index is 0.0631. The highest BCUT2D eigenvalue weighted by atomic mass is 19.1. The molecular formula is C25H19F2NO3. The van der Waals surface area contributed by atoms with Crippen molar-refractivity contribution in [3.05, 3.63) is 111 Å². The maximum atomic E-state index is 14.2. The Labute approximate surface area is 177 Å². The molecule has 0 atom stereocenters. The van der Waals surface area contributed by atoms with Crippen molar-refractivity contribution in [2.45, 2.75) is 13.5 Å². The molecule has 156 valence electrons. The van der Waals surface area contributed by atoms with Crippen molar-refractivity contribution in [1.82, 2.24) is 4.57 Å². The van der Waals surface area contributed by atoms with Gasteiger partial charge in [-0.3, -0.25) is 9.59 Å². The van der Waals surface area contributed by atoms with Gasteiger partial charge in [-0.05, 0) is 55.5 Å². The summed E-state index contributed by atoms with van der Waals surface area (Å²) in [6.07, 6.45) is 1.41. The molecule has 0 saturated heterocycles. The van der Waals surface area contributed by atoms with E-state index in [9.17, 15) is 18.4 Å². The van der Waals surface area contributed by atoms with Crippen LogP contribution in [0.4, 0.5) is 8.78 Å². The Morgan fingerprint density at radius 1 is 1.00 bits per heavy atom. The standard InChI is InChI=1S/C25H19F2NO3/c1-2-31-19-10-7-16(8-11-19)24(29)21-15-28(14-17-5-3-4-6-22(17)27)23-12-9-18(26)13-20(23)25(21)30/h3-13,15H,2,14H2,1H3. The highest BCUT2D eigenvalue weighted by Crippen LogP contribution is 2.20. The first-order valence-electron chi connectivity index (χ1n) is 9.81. The zero-order valence-electron chi connectivity index (χ0n) is 16.8. The van der Waals surface area contributed by atoms with E-state index in [0.717, 1.165) is 6.07 Å². The molecule has 0 spiro atoms. The summed E-state index contributed by atoms with van der Waals surface area (Å²) in [5.41, 5.74) is 0.416. The minimum Gasteiger partial charge on any atom is -0.494 e. The number of hydrogen-bond donors (Lipinski definition) is 0. The predicted octanol–water partition coefficient (Wildman–Crippen LogP) is 4.96. The van der Waals surface area contributed by atoms with E-state index in [2.05, 4.69) is 0 Å². The van der Waals surface area contributed by atoms with Crippen LogP contribution in [-0.4, -0.2) is 17.0 Å². The number of carbonyl (C=O) groups is 1. The van der Waals surface area contributed by atoms with E-state index < -0.39 is 22.8 Å². The molecule has 0 bridgehead atoms. The van der Waals surface area contributed by atoms with E-state index >= 15 is 0 Å². The van der Waals surface area contributed by atoms with Gasteiger partial charge in [-0.15, -0.1) is 0 Å². The highest BCUT2D eigenvalue weighted by molar-refractivity contribution is 6.10. The molecule has 4 nitrogen and oxygen atoms in total. The molecule has 0 amide bonds. The normalized spacial score (nSPS) is 10.9. The predicted molar refractivity (Wildman–Crippen MR) is 115 cm³/mol. The van der Waals surface area contributed by atoms with Crippen LogP contribution in [0.15, 0.2) is 77.7 Å². The molecule has 1 heterocycles. The maximum Gasteiger partial charge on any atom is 0.200 e. The summed E-state index contributed by atoms with van der Waals surface area (Å²) in [5, 5.41) is 0.0631. The lowest BCUT2D eigenvalue weighted by molar-refractivity contribution is 0.103. The van der Waals surface area contributed by atoms with Crippen molar-refractivity contribution < 1.29 is 18.3 Å². The lowest BCUT2D eigenvalue weighted by atomic mass is 10.0. The van der Waals surface area contributed by atoms with Crippen molar-refractivity contribution in [3.8, 4) is 5.75 Å². The molecule has 31 heavy (non-hydrogen) atoms. The Hall–Kier alpha value is -3.80. The molecule has 0 N–H and O–H groups in total. The summed E-state index contributed by atoms with van der Waals surface area (Å²) in [7, 11) is 0. The Balaban J connectivity index is 1.85. The molecular weight excluding hydrogens is 400 g/mol. The number of fused-ring (bicyclic) bond motifs is 1. The molecule has 0 aliphatic rings. The van der Waals surface area contributed by atoms with Crippen LogP contribution in [-0.2, 0) is 6.54 Å². The second kappa shape index (κ2) is 8.52. The number of benzene rings is 3. The van der Waals surface area contributed by atoms with Crippen LogP contribution in [0.2, 0.25) is 0 Å². The topological polar surface area (TPSA) is 48.3 Å². The van der Waals surface area contributed by atoms with Crippen LogP contribution in [0.5, 0.6) is 5.75 Å². The third-order valence-electron chi connectivity index (χ3n) is 5.01. The average molecular weight is 419 g/mol. The smallest absolute Gasteiger partial charge is 0.200 e. The van der Waals surface area contributed by atoms with E-state index in [4.69, 9.17) is 4.74 Å². The third-order valence-corrected chi connectivity index (χ3v) is 5.01. The second-order valence-electron chi connectivity index (χ2n) is 7.04. The Morgan fingerprint density at radius 2 is 1.74 bits per heavy atom. The molecule has 0 radical (unpaired) electrons. The zero-order valence-corrected chi connectivity index (χ0v) is 16.8. The lowest BCUT2D eigenvalue weighted by Gasteiger charge is -2.14. The number of halogens is 2. The molecule has 0 aliphatic carbocycles. The number of ketones is 1. The zero-order chi connectivity index (χ0) is 22.0. The van der Waals surface area contributed by atoms with Gasteiger partial charge in [-0.2, -0.15) is 0 Å². The Bertz CT molecular complexity index is 1330. The van der Waals surface area contributed by atoms with Gasteiger partial charge in [0.25, 0.3) is 0 Å². The molecule has 4 aromatic rings. The van der Waals surface area contributed by atoms with E-state index in [-0.39, 0.29) is 17.5 Å². The molecule has 1 aromatic heterocycles. The number of aromatic nitrogens is 1. The first kappa shape index (κ1) is 20.5. The van der Waals surface area contributed by atoms with Gasteiger partial charge >= 0.3 is 0 Å². The Kier molecular flexibility index (Phi) is 5.62. The van der Waals surface area contributed by atoms with Crippen LogP contribution in [0.1, 0.15) is 28.4 Å². The summed E-state index contributed by atoms with van der Waals surface area (Å²) in [5.74, 6) is -0.887. The summed E-state index contributed by atoms with van der Waals surface area (Å²) < 4.78 is 35.1. The lowest BCUT2D eigenvalue weighted by Crippen LogP contribution is -2.20. The molecule has 0 fully saturated rings. The average Bonchev–Trinajstić information content (AvgIpc) is 2.77. The highest BCUT2D eigenvalue weighted by Gasteiger charge is 2.18. The fourth-order valence-electron chi connectivity index (χ4n) is 3.50. The van der Waals surface area contributed by atoms with E-state index in [1.165, 1.54) is 24.4 Å². The first-order chi connectivity index (χ1) is 15.0. The number of hydrogen-bond acceptors (Lipinski definition) is 3. The molecule has 0 saturated carbocycles. The van der Waals surface area contributed by atoms with Crippen LogP contribution in [0.25, 0.3) is 10.9 Å². The van der Waals surface area contributed by atoms with E-state index in [1.807, 2.05) is 6.92 Å². The monoisotopic (exact) mass is 419 g/mol. The SMILES string of the molecule is CCOc1ccc(C(=O)c2cn(Cc3ccccc3F)c3ccc(F)cc3c2=O)cc1. The van der Waals surface area contributed by atoms with Gasteiger partial charge in [0.15, 0.2) is 5.78 Å². The van der Waals surface area contributed by atoms with Gasteiger partial charge in [0.05, 0.1) is 24.2 Å². The van der Waals surface area contributed by atoms with Crippen molar-refractivity contribution in [2.24, 2.45) is 0 Å². The molecule has 0 unspecified atom stereocenters. The number of nitrogens with zero attached hydrogens (tertiary/aromatic N) is 1. The minimum atomic E-state index is -0.590. The third kappa shape index (κ3) is 4.10. The molecule has 4 rings (SSSR count). The fourth-order valence-corrected chi connectivity index (χ4v) is 3.50. The van der Waals surface area contributed by atoms with Crippen molar-refractivity contribution in [1.29, 1.82) is 0 Å². The molecule has 3 aromatic carbocycles. The van der Waals surface area contributed by atoms with Crippen LogP contribution in [0, 0.1) is 11.6 Å². The van der Waals surface area contributed by atoms with Crippen LogP contribution >= 0.6 is 0 Å². The summed E-state index contributed by atoms with van der Waals surface area (Å²) in [4.78, 5) is 26.2. The largest absolute Gasteiger partial charge is 0.494 e. The van der Waals surface area contributed by atoms with Gasteiger partial charge in [-0.1, -0.05) is 18.2 Å². The second-order valence-corrected chi connectivity index (χ2v) is 7.04. The molecule has 6 heteroatoms. The van der Waals surface area contributed by atoms with Crippen molar-refractivity contribution in [3.63, 3.8) is 0 Å². The number of pyridine rings is 1. The van der Waals surface area contributed by atoms with Gasteiger partial charge in [0, 0.05) is 22.7 Å². The number of ether oxygens (including phenoxy) is 1. The summed E-state index contributed by atoms with van der Waals surface area (Å²) >= 11 is 0. The summed E-state index contributed by atoms with van der Waals surface area (Å²) in [6.45, 7) is 2.42. The number of carbonyl (C=O) groups excluding carboxylic acids is 1. The number of rotatable bonds is 6. The van der Waals surface area contributed by atoms with Gasteiger partial charge in [0.2, 0.25) is 5.43 Å². The van der Waals surface area contributed by atoms with Crippen LogP contribution < -0.4 is 10.2 Å². The summed E-state index contributed by atoms with van der Waals surface area (Å²) in [6, 6.07) is 16.5. The first-order valence-corrected chi connectivity index (χ1v) is 9.81. The van der Waals surface area contributed by atoms with E-state index in [0.29, 0.717) is 29.0 Å². The van der Waals surface area contributed by atoms with Crippen molar-refractivity contribution >= 4 is 16.7 Å². The van der Waals surface area contributed by atoms with Crippen molar-refractivity contribution in [2.75, 3.05) is 6.61 Å². The Morgan fingerprint density at radius 3 is 2.45 bits per heavy atom. The fraction of sp³-hybridized carbons (Fsp3) is 0.120. The van der Waals surface area contributed by atoms with Gasteiger partial charge in [-0.25, -0.2) is 8.78 Å². The van der Waals surface area contributed by atoms with E-state index in [1.54, 1.807) is 47.0 Å². The van der Waals surface area contributed by atoms with Gasteiger partial charge in [0.1, 0.15) is 17.4 Å². The van der Waals surface area contributed by atoms with Gasteiger partial charge < -0.3 is 9.30 Å². The van der Waals surface area contributed by atoms with Crippen LogP contribution in [0.3, 0.4) is 0 Å². The molecule has 0 aliphatic heterocycles. The quantitative estimate of drug-likeness (QED) is 0.415. The maximum absolute atomic E-state index is 14.2.